The van der Waals surface area contributed by atoms with Gasteiger partial charge >= 0.3 is 6.09 Å². The molecule has 1 atom stereocenters. The Labute approximate surface area is 152 Å². The predicted molar refractivity (Wildman–Crippen MR) is 94.5 cm³/mol. The average molecular weight is 374 g/mol. The summed E-state index contributed by atoms with van der Waals surface area (Å²) in [5.41, 5.74) is -0.571. The minimum absolute atomic E-state index is 0.0350. The zero-order valence-corrected chi connectivity index (χ0v) is 15.6. The van der Waals surface area contributed by atoms with E-state index in [9.17, 15) is 9.18 Å². The number of pyridine rings is 1. The topological polar surface area (TPSA) is 65.9 Å². The van der Waals surface area contributed by atoms with Crippen LogP contribution in [0.4, 0.5) is 15.0 Å². The van der Waals surface area contributed by atoms with E-state index in [-0.39, 0.29) is 29.6 Å². The van der Waals surface area contributed by atoms with Crippen molar-refractivity contribution in [3.05, 3.63) is 23.1 Å². The molecule has 0 spiro atoms. The van der Waals surface area contributed by atoms with Crippen LogP contribution in [-0.4, -0.2) is 59.0 Å². The first kappa shape index (κ1) is 19.7. The van der Waals surface area contributed by atoms with Crippen LogP contribution in [0.2, 0.25) is 5.02 Å². The zero-order chi connectivity index (χ0) is 18.6. The van der Waals surface area contributed by atoms with Crippen molar-refractivity contribution in [1.82, 2.24) is 9.88 Å². The number of hydrogen-bond acceptors (Lipinski definition) is 5. The number of nitrogens with zero attached hydrogens (tertiary/aromatic N) is 3. The molecule has 2 heterocycles. The maximum atomic E-state index is 14.3. The molecule has 1 saturated heterocycles. The molecule has 0 radical (unpaired) electrons. The van der Waals surface area contributed by atoms with Crippen molar-refractivity contribution in [1.29, 1.82) is 0 Å². The maximum absolute atomic E-state index is 14.3. The standard InChI is InChI=1S/C17H25ClFN3O3/c1-17(2,3)25-16(24)21-6-7-22(13(11-21)5-4-8-23)15-14(19)9-12(18)10-20-15/h9-10,13,23H,4-8,11H2,1-3H3/t13-/m0/s1. The second-order valence-electron chi connectivity index (χ2n) is 7.10. The van der Waals surface area contributed by atoms with Crippen molar-refractivity contribution in [3.8, 4) is 0 Å². The van der Waals surface area contributed by atoms with Gasteiger partial charge in [0.2, 0.25) is 0 Å². The van der Waals surface area contributed by atoms with Gasteiger partial charge in [0.1, 0.15) is 5.60 Å². The fourth-order valence-corrected chi connectivity index (χ4v) is 2.96. The molecule has 1 aromatic heterocycles. The molecule has 6 nitrogen and oxygen atoms in total. The van der Waals surface area contributed by atoms with Gasteiger partial charge in [-0.25, -0.2) is 14.2 Å². The van der Waals surface area contributed by atoms with Crippen molar-refractivity contribution in [2.45, 2.75) is 45.3 Å². The van der Waals surface area contributed by atoms with Gasteiger partial charge in [0.25, 0.3) is 0 Å². The van der Waals surface area contributed by atoms with E-state index >= 15 is 0 Å². The highest BCUT2D eigenvalue weighted by Gasteiger charge is 2.33. The number of anilines is 1. The van der Waals surface area contributed by atoms with Crippen LogP contribution in [0.5, 0.6) is 0 Å². The molecular weight excluding hydrogens is 349 g/mol. The van der Waals surface area contributed by atoms with Gasteiger partial charge in [0, 0.05) is 38.5 Å². The van der Waals surface area contributed by atoms with Gasteiger partial charge in [-0.2, -0.15) is 0 Å². The SMILES string of the molecule is CC(C)(C)OC(=O)N1CCN(c2ncc(Cl)cc2F)[C@@H](CCCO)C1. The lowest BCUT2D eigenvalue weighted by atomic mass is 10.1. The second-order valence-corrected chi connectivity index (χ2v) is 7.53. The van der Waals surface area contributed by atoms with Crippen molar-refractivity contribution in [2.75, 3.05) is 31.1 Å². The van der Waals surface area contributed by atoms with E-state index in [0.29, 0.717) is 32.5 Å². The quantitative estimate of drug-likeness (QED) is 0.878. The van der Waals surface area contributed by atoms with E-state index in [2.05, 4.69) is 4.98 Å². The summed E-state index contributed by atoms with van der Waals surface area (Å²) < 4.78 is 19.7. The van der Waals surface area contributed by atoms with Crippen molar-refractivity contribution < 1.29 is 19.0 Å². The maximum Gasteiger partial charge on any atom is 0.410 e. The molecule has 1 aliphatic rings. The van der Waals surface area contributed by atoms with E-state index in [1.807, 2.05) is 25.7 Å². The number of halogens is 2. The number of amides is 1. The third kappa shape index (κ3) is 5.44. The predicted octanol–water partition coefficient (Wildman–Crippen LogP) is 3.07. The number of aliphatic hydroxyl groups is 1. The van der Waals surface area contributed by atoms with Crippen LogP contribution >= 0.6 is 11.6 Å². The Morgan fingerprint density at radius 3 is 2.80 bits per heavy atom. The molecular formula is C17H25ClFN3O3. The van der Waals surface area contributed by atoms with Gasteiger partial charge in [-0.15, -0.1) is 0 Å². The summed E-state index contributed by atoms with van der Waals surface area (Å²) >= 11 is 5.78. The number of carbonyl (C=O) groups excluding carboxylic acids is 1. The molecule has 0 aliphatic carbocycles. The van der Waals surface area contributed by atoms with Crippen molar-refractivity contribution in [3.63, 3.8) is 0 Å². The number of hydrogen-bond donors (Lipinski definition) is 1. The monoisotopic (exact) mass is 373 g/mol. The number of rotatable bonds is 4. The van der Waals surface area contributed by atoms with Gasteiger partial charge in [-0.1, -0.05) is 11.6 Å². The molecule has 1 fully saturated rings. The second kappa shape index (κ2) is 8.19. The van der Waals surface area contributed by atoms with Crippen LogP contribution in [0.25, 0.3) is 0 Å². The molecule has 0 unspecified atom stereocenters. The number of aromatic nitrogens is 1. The highest BCUT2D eigenvalue weighted by atomic mass is 35.5. The first-order chi connectivity index (χ1) is 11.7. The summed E-state index contributed by atoms with van der Waals surface area (Å²) in [6, 6.07) is 1.07. The Hall–Kier alpha value is -1.60. The van der Waals surface area contributed by atoms with E-state index < -0.39 is 11.4 Å². The van der Waals surface area contributed by atoms with Gasteiger partial charge in [0.15, 0.2) is 11.6 Å². The van der Waals surface area contributed by atoms with Crippen LogP contribution in [0.1, 0.15) is 33.6 Å². The van der Waals surface area contributed by atoms with Crippen LogP contribution in [0.15, 0.2) is 12.3 Å². The average Bonchev–Trinajstić information content (AvgIpc) is 2.51. The molecule has 25 heavy (non-hydrogen) atoms. The summed E-state index contributed by atoms with van der Waals surface area (Å²) in [5, 5.41) is 9.38. The smallest absolute Gasteiger partial charge is 0.410 e. The van der Waals surface area contributed by atoms with E-state index in [0.717, 1.165) is 0 Å². The number of aliphatic hydroxyl groups excluding tert-OH is 1. The Morgan fingerprint density at radius 1 is 1.48 bits per heavy atom. The van der Waals surface area contributed by atoms with Crippen LogP contribution in [0, 0.1) is 5.82 Å². The normalized spacial score (nSPS) is 18.4. The first-order valence-electron chi connectivity index (χ1n) is 8.37. The molecule has 1 amide bonds. The first-order valence-corrected chi connectivity index (χ1v) is 8.75. The van der Waals surface area contributed by atoms with E-state index in [1.54, 1.807) is 4.90 Å². The summed E-state index contributed by atoms with van der Waals surface area (Å²) in [6.07, 6.45) is 2.19. The fraction of sp³-hybridized carbons (Fsp3) is 0.647. The summed E-state index contributed by atoms with van der Waals surface area (Å²) in [5.74, 6) is -0.275. The highest BCUT2D eigenvalue weighted by Crippen LogP contribution is 2.26. The minimum atomic E-state index is -0.571. The minimum Gasteiger partial charge on any atom is -0.444 e. The third-order valence-corrected chi connectivity index (χ3v) is 4.10. The Morgan fingerprint density at radius 2 is 2.20 bits per heavy atom. The Bertz CT molecular complexity index is 609. The lowest BCUT2D eigenvalue weighted by Gasteiger charge is -2.42. The van der Waals surface area contributed by atoms with E-state index in [1.165, 1.54) is 12.3 Å². The Balaban J connectivity index is 2.15. The van der Waals surface area contributed by atoms with Gasteiger partial charge in [-0.05, 0) is 39.7 Å². The van der Waals surface area contributed by atoms with Gasteiger partial charge in [0.05, 0.1) is 5.02 Å². The number of piperazine rings is 1. The molecule has 8 heteroatoms. The van der Waals surface area contributed by atoms with Crippen LogP contribution in [0.3, 0.4) is 0 Å². The number of carbonyl (C=O) groups is 1. The molecule has 0 aromatic carbocycles. The molecule has 1 aromatic rings. The van der Waals surface area contributed by atoms with Crippen LogP contribution < -0.4 is 4.90 Å². The summed E-state index contributed by atoms with van der Waals surface area (Å²) in [7, 11) is 0. The fourth-order valence-electron chi connectivity index (χ4n) is 2.82. The summed E-state index contributed by atoms with van der Waals surface area (Å²) in [6.45, 7) is 6.72. The molecule has 1 N–H and O–H groups in total. The van der Waals surface area contributed by atoms with Gasteiger partial charge < -0.3 is 19.6 Å². The van der Waals surface area contributed by atoms with Crippen molar-refractivity contribution >= 4 is 23.5 Å². The molecule has 2 rings (SSSR count). The third-order valence-electron chi connectivity index (χ3n) is 3.89. The van der Waals surface area contributed by atoms with Gasteiger partial charge in [-0.3, -0.25) is 0 Å². The molecule has 0 bridgehead atoms. The molecule has 1 aliphatic heterocycles. The highest BCUT2D eigenvalue weighted by molar-refractivity contribution is 6.30. The van der Waals surface area contributed by atoms with Crippen molar-refractivity contribution in [2.24, 2.45) is 0 Å². The van der Waals surface area contributed by atoms with E-state index in [4.69, 9.17) is 21.4 Å². The lowest BCUT2D eigenvalue weighted by molar-refractivity contribution is 0.0210. The molecule has 0 saturated carbocycles. The summed E-state index contributed by atoms with van der Waals surface area (Å²) in [4.78, 5) is 19.9. The molecule has 140 valence electrons. The Kier molecular flexibility index (Phi) is 6.46. The van der Waals surface area contributed by atoms with Crippen LogP contribution in [-0.2, 0) is 4.74 Å². The largest absolute Gasteiger partial charge is 0.444 e. The zero-order valence-electron chi connectivity index (χ0n) is 14.8. The number of ether oxygens (including phenoxy) is 1. The lowest BCUT2D eigenvalue weighted by Crippen LogP contribution is -2.56.